The van der Waals surface area contributed by atoms with Gasteiger partial charge in [-0.25, -0.2) is 9.97 Å². The van der Waals surface area contributed by atoms with Crippen molar-refractivity contribution in [2.45, 2.75) is 19.9 Å². The van der Waals surface area contributed by atoms with Gasteiger partial charge in [0.2, 0.25) is 5.95 Å². The second-order valence-electron chi connectivity index (χ2n) is 6.62. The van der Waals surface area contributed by atoms with Gasteiger partial charge < -0.3 is 21.7 Å². The van der Waals surface area contributed by atoms with Crippen LogP contribution in [-0.2, 0) is 13.0 Å². The summed E-state index contributed by atoms with van der Waals surface area (Å²) in [5, 5.41) is 19.0. The van der Waals surface area contributed by atoms with Crippen molar-refractivity contribution in [2.75, 3.05) is 22.9 Å². The van der Waals surface area contributed by atoms with Crippen LogP contribution in [0.2, 0.25) is 0 Å². The molecule has 4 rings (SSSR count). The Hall–Kier alpha value is -3.70. The molecule has 0 fully saturated rings. The van der Waals surface area contributed by atoms with E-state index in [4.69, 9.17) is 5.73 Å². The van der Waals surface area contributed by atoms with Crippen LogP contribution in [0, 0.1) is 18.3 Å². The normalized spacial score (nSPS) is 12.7. The molecule has 0 amide bonds. The Kier molecular flexibility index (Phi) is 4.74. The molecule has 0 radical (unpaired) electrons. The zero-order chi connectivity index (χ0) is 19.5. The Morgan fingerprint density at radius 1 is 1.21 bits per heavy atom. The lowest BCUT2D eigenvalue weighted by atomic mass is 9.95. The fraction of sp³-hybridized carbons (Fsp3) is 0.200. The minimum absolute atomic E-state index is 0.320. The summed E-state index contributed by atoms with van der Waals surface area (Å²) in [6, 6.07) is 11.5. The van der Waals surface area contributed by atoms with E-state index in [-0.39, 0.29) is 0 Å². The molecule has 1 aliphatic heterocycles. The highest BCUT2D eigenvalue weighted by Gasteiger charge is 2.14. The lowest BCUT2D eigenvalue weighted by Gasteiger charge is -2.20. The second-order valence-corrected chi connectivity index (χ2v) is 6.62. The third kappa shape index (κ3) is 3.70. The predicted octanol–water partition coefficient (Wildman–Crippen LogP) is 2.77. The molecular formula is C20H20N8. The van der Waals surface area contributed by atoms with Crippen molar-refractivity contribution in [1.29, 1.82) is 5.26 Å². The van der Waals surface area contributed by atoms with Gasteiger partial charge in [-0.2, -0.15) is 10.2 Å². The van der Waals surface area contributed by atoms with Crippen molar-refractivity contribution in [3.63, 3.8) is 0 Å². The molecule has 3 aromatic rings. The molecule has 0 spiro atoms. The monoisotopic (exact) mass is 372 g/mol. The Morgan fingerprint density at radius 2 is 2.11 bits per heavy atom. The molecule has 0 aliphatic carbocycles. The third-order valence-corrected chi connectivity index (χ3v) is 4.62. The van der Waals surface area contributed by atoms with Crippen LogP contribution in [0.15, 0.2) is 36.5 Å². The molecule has 3 heterocycles. The van der Waals surface area contributed by atoms with E-state index < -0.39 is 0 Å². The number of anilines is 5. The van der Waals surface area contributed by atoms with Crippen molar-refractivity contribution in [2.24, 2.45) is 0 Å². The number of benzene rings is 1. The van der Waals surface area contributed by atoms with Gasteiger partial charge in [0.1, 0.15) is 23.3 Å². The van der Waals surface area contributed by atoms with E-state index in [1.165, 1.54) is 22.9 Å². The maximum atomic E-state index is 9.36. The van der Waals surface area contributed by atoms with Crippen LogP contribution in [-0.4, -0.2) is 21.5 Å². The molecule has 0 atom stereocenters. The number of hydrogen-bond donors (Lipinski definition) is 4. The van der Waals surface area contributed by atoms with E-state index >= 15 is 0 Å². The molecule has 0 bridgehead atoms. The molecule has 1 aliphatic rings. The maximum Gasteiger partial charge on any atom is 0.229 e. The molecule has 0 unspecified atom stereocenters. The van der Waals surface area contributed by atoms with Crippen molar-refractivity contribution in [1.82, 2.24) is 20.3 Å². The van der Waals surface area contributed by atoms with Gasteiger partial charge in [-0.15, -0.1) is 0 Å². The fourth-order valence-corrected chi connectivity index (χ4v) is 3.30. The fourth-order valence-electron chi connectivity index (χ4n) is 3.30. The number of hydrogen-bond acceptors (Lipinski definition) is 8. The van der Waals surface area contributed by atoms with Crippen LogP contribution in [0.25, 0.3) is 0 Å². The summed E-state index contributed by atoms with van der Waals surface area (Å²) in [6.07, 6.45) is 2.52. The standard InChI is InChI=1S/C20H20N8/c1-12-7-15(8-13-10-23-6-5-16(12)13)25-20-24-11-14(9-21)19(28-20)27-18-4-2-3-17(22)26-18/h2-4,7-8,11,23H,5-6,10H2,1H3,(H4,22,24,25,26,27,28). The third-order valence-electron chi connectivity index (χ3n) is 4.62. The highest BCUT2D eigenvalue weighted by atomic mass is 15.2. The summed E-state index contributed by atoms with van der Waals surface area (Å²) >= 11 is 0. The van der Waals surface area contributed by atoms with Crippen molar-refractivity contribution in [3.05, 3.63) is 58.8 Å². The molecule has 28 heavy (non-hydrogen) atoms. The summed E-state index contributed by atoms with van der Waals surface area (Å²) < 4.78 is 0. The number of aromatic nitrogens is 3. The first-order valence-electron chi connectivity index (χ1n) is 8.99. The summed E-state index contributed by atoms with van der Waals surface area (Å²) in [7, 11) is 0. The molecule has 8 nitrogen and oxygen atoms in total. The molecule has 140 valence electrons. The first-order chi connectivity index (χ1) is 13.6. The van der Waals surface area contributed by atoms with Gasteiger partial charge in [0.05, 0.1) is 6.20 Å². The number of nitrogens with zero attached hydrogens (tertiary/aromatic N) is 4. The van der Waals surface area contributed by atoms with Gasteiger partial charge in [0.15, 0.2) is 5.82 Å². The highest BCUT2D eigenvalue weighted by molar-refractivity contribution is 5.64. The van der Waals surface area contributed by atoms with Gasteiger partial charge >= 0.3 is 0 Å². The lowest BCUT2D eigenvalue weighted by molar-refractivity contribution is 0.641. The topological polar surface area (TPSA) is 125 Å². The number of fused-ring (bicyclic) bond motifs is 1. The van der Waals surface area contributed by atoms with Crippen LogP contribution < -0.4 is 21.7 Å². The predicted molar refractivity (Wildman–Crippen MR) is 109 cm³/mol. The van der Waals surface area contributed by atoms with Gasteiger partial charge in [-0.1, -0.05) is 6.07 Å². The second kappa shape index (κ2) is 7.50. The maximum absolute atomic E-state index is 9.36. The Bertz CT molecular complexity index is 1070. The lowest BCUT2D eigenvalue weighted by Crippen LogP contribution is -2.24. The van der Waals surface area contributed by atoms with Gasteiger partial charge in [-0.3, -0.25) is 0 Å². The molecule has 5 N–H and O–H groups in total. The molecule has 0 saturated carbocycles. The zero-order valence-corrected chi connectivity index (χ0v) is 15.5. The minimum atomic E-state index is 0.320. The van der Waals surface area contributed by atoms with Crippen molar-refractivity contribution in [3.8, 4) is 6.07 Å². The largest absolute Gasteiger partial charge is 0.384 e. The van der Waals surface area contributed by atoms with E-state index in [9.17, 15) is 5.26 Å². The number of nitriles is 1. The zero-order valence-electron chi connectivity index (χ0n) is 15.5. The number of aryl methyl sites for hydroxylation is 1. The van der Waals surface area contributed by atoms with Crippen LogP contribution >= 0.6 is 0 Å². The van der Waals surface area contributed by atoms with Gasteiger partial charge in [-0.05, 0) is 60.8 Å². The smallest absolute Gasteiger partial charge is 0.229 e. The number of pyridine rings is 1. The van der Waals surface area contributed by atoms with Gasteiger partial charge in [0, 0.05) is 12.2 Å². The summed E-state index contributed by atoms with van der Waals surface area (Å²) in [5.74, 6) is 1.66. The number of nitrogens with one attached hydrogen (secondary N) is 3. The molecule has 2 aromatic heterocycles. The van der Waals surface area contributed by atoms with Crippen LogP contribution in [0.5, 0.6) is 0 Å². The Labute approximate surface area is 162 Å². The van der Waals surface area contributed by atoms with Gasteiger partial charge in [0.25, 0.3) is 0 Å². The Morgan fingerprint density at radius 3 is 2.93 bits per heavy atom. The minimum Gasteiger partial charge on any atom is -0.384 e. The van der Waals surface area contributed by atoms with E-state index in [1.807, 2.05) is 0 Å². The van der Waals surface area contributed by atoms with Crippen LogP contribution in [0.1, 0.15) is 22.3 Å². The average Bonchev–Trinajstić information content (AvgIpc) is 2.68. The molecule has 8 heteroatoms. The van der Waals surface area contributed by atoms with Crippen LogP contribution in [0.3, 0.4) is 0 Å². The van der Waals surface area contributed by atoms with E-state index in [0.717, 1.165) is 25.2 Å². The Balaban J connectivity index is 1.62. The van der Waals surface area contributed by atoms with E-state index in [1.54, 1.807) is 18.2 Å². The first-order valence-corrected chi connectivity index (χ1v) is 8.99. The molecule has 0 saturated heterocycles. The van der Waals surface area contributed by atoms with Crippen LogP contribution in [0.4, 0.5) is 29.1 Å². The van der Waals surface area contributed by atoms with Crippen molar-refractivity contribution < 1.29 is 0 Å². The number of rotatable bonds is 4. The van der Waals surface area contributed by atoms with E-state index in [0.29, 0.717) is 29.0 Å². The quantitative estimate of drug-likeness (QED) is 0.551. The number of nitrogens with two attached hydrogens (primary N) is 1. The summed E-state index contributed by atoms with van der Waals surface area (Å²) in [4.78, 5) is 12.9. The highest BCUT2D eigenvalue weighted by Crippen LogP contribution is 2.26. The number of nitrogen functional groups attached to an aromatic ring is 1. The van der Waals surface area contributed by atoms with E-state index in [2.05, 4.69) is 56.0 Å². The SMILES string of the molecule is Cc1cc(Nc2ncc(C#N)c(Nc3cccc(N)n3)n2)cc2c1CCNC2. The average molecular weight is 372 g/mol. The summed E-state index contributed by atoms with van der Waals surface area (Å²) in [5.41, 5.74) is 10.9. The van der Waals surface area contributed by atoms with Crippen molar-refractivity contribution >= 4 is 29.1 Å². The molecular weight excluding hydrogens is 352 g/mol. The summed E-state index contributed by atoms with van der Waals surface area (Å²) in [6.45, 7) is 3.98. The molecule has 1 aromatic carbocycles. The first kappa shape index (κ1) is 17.7.